The Morgan fingerprint density at radius 2 is 2.07 bits per heavy atom. The van der Waals surface area contributed by atoms with Crippen molar-refractivity contribution in [1.29, 1.82) is 0 Å². The second kappa shape index (κ2) is 8.54. The summed E-state index contributed by atoms with van der Waals surface area (Å²) in [6.45, 7) is 7.04. The molecule has 0 saturated carbocycles. The summed E-state index contributed by atoms with van der Waals surface area (Å²) >= 11 is 6.11. The maximum atomic E-state index is 9.26. The summed E-state index contributed by atoms with van der Waals surface area (Å²) in [4.78, 5) is 13.6. The molecule has 7 nitrogen and oxygen atoms in total. The average Bonchev–Trinajstić information content (AvgIpc) is 3.05. The lowest BCUT2D eigenvalue weighted by molar-refractivity contribution is 0.263. The number of fused-ring (bicyclic) bond motifs is 1. The van der Waals surface area contributed by atoms with Crippen LogP contribution < -0.4 is 10.4 Å². The summed E-state index contributed by atoms with van der Waals surface area (Å²) in [5, 5.41) is 11.8. The molecule has 0 radical (unpaired) electrons. The van der Waals surface area contributed by atoms with Crippen LogP contribution in [0.4, 0.5) is 11.6 Å². The first-order valence-electron chi connectivity index (χ1n) is 9.08. The molecule has 3 aromatic rings. The highest BCUT2D eigenvalue weighted by molar-refractivity contribution is 6.30. The number of aliphatic hydroxyl groups is 1. The van der Waals surface area contributed by atoms with Crippen molar-refractivity contribution in [2.75, 3.05) is 23.6 Å². The number of aromatic nitrogens is 4. The standard InChI is InChI=1S/C19H25ClN6O/c1-13(2)25-12-22-17-10-21-19(23-18(17)25)26(11-14(3)7-8-27)24-16-6-4-5-15(20)9-16/h4-6,9-10,12-14,24,27H,7-8,11H2,1-3H3. The molecule has 2 aromatic heterocycles. The molecule has 1 unspecified atom stereocenters. The van der Waals surface area contributed by atoms with Gasteiger partial charge in [0.05, 0.1) is 18.2 Å². The SMILES string of the molecule is CC(CCO)CN(Nc1cccc(Cl)c1)c1ncc2ncn(C(C)C)c2n1. The third-order valence-electron chi connectivity index (χ3n) is 4.31. The number of nitrogens with one attached hydrogen (secondary N) is 1. The fraction of sp³-hybridized carbons (Fsp3) is 0.421. The Labute approximate surface area is 164 Å². The topological polar surface area (TPSA) is 79.1 Å². The van der Waals surface area contributed by atoms with Crippen LogP contribution in [-0.2, 0) is 0 Å². The maximum Gasteiger partial charge on any atom is 0.246 e. The highest BCUT2D eigenvalue weighted by Crippen LogP contribution is 2.21. The zero-order valence-corrected chi connectivity index (χ0v) is 16.6. The molecule has 0 saturated heterocycles. The van der Waals surface area contributed by atoms with E-state index >= 15 is 0 Å². The van der Waals surface area contributed by atoms with Gasteiger partial charge >= 0.3 is 0 Å². The van der Waals surface area contributed by atoms with Gasteiger partial charge in [0.2, 0.25) is 5.95 Å². The molecule has 0 aliphatic carbocycles. The van der Waals surface area contributed by atoms with Crippen molar-refractivity contribution in [3.63, 3.8) is 0 Å². The molecule has 2 heterocycles. The van der Waals surface area contributed by atoms with Crippen molar-refractivity contribution in [3.8, 4) is 0 Å². The number of anilines is 2. The van der Waals surface area contributed by atoms with Gasteiger partial charge in [-0.3, -0.25) is 10.4 Å². The van der Waals surface area contributed by atoms with Crippen LogP contribution in [0.15, 0.2) is 36.8 Å². The monoisotopic (exact) mass is 388 g/mol. The Morgan fingerprint density at radius 3 is 2.78 bits per heavy atom. The highest BCUT2D eigenvalue weighted by atomic mass is 35.5. The van der Waals surface area contributed by atoms with E-state index in [1.165, 1.54) is 0 Å². The van der Waals surface area contributed by atoms with Crippen LogP contribution in [0.5, 0.6) is 0 Å². The van der Waals surface area contributed by atoms with E-state index < -0.39 is 0 Å². The quantitative estimate of drug-likeness (QED) is 0.569. The minimum Gasteiger partial charge on any atom is -0.396 e. The first-order valence-corrected chi connectivity index (χ1v) is 9.46. The van der Waals surface area contributed by atoms with Gasteiger partial charge in [0.1, 0.15) is 5.52 Å². The van der Waals surface area contributed by atoms with E-state index in [2.05, 4.69) is 36.2 Å². The van der Waals surface area contributed by atoms with Crippen LogP contribution in [0.3, 0.4) is 0 Å². The number of nitrogens with zero attached hydrogens (tertiary/aromatic N) is 5. The number of halogens is 1. The van der Waals surface area contributed by atoms with Crippen LogP contribution in [-0.4, -0.2) is 37.8 Å². The fourth-order valence-electron chi connectivity index (χ4n) is 2.84. The summed E-state index contributed by atoms with van der Waals surface area (Å²) in [6, 6.07) is 7.75. The highest BCUT2D eigenvalue weighted by Gasteiger charge is 2.17. The van der Waals surface area contributed by atoms with Gasteiger partial charge in [-0.05, 0) is 44.4 Å². The van der Waals surface area contributed by atoms with E-state index in [1.807, 2.05) is 33.8 Å². The second-order valence-electron chi connectivity index (χ2n) is 6.97. The summed E-state index contributed by atoms with van der Waals surface area (Å²) in [7, 11) is 0. The summed E-state index contributed by atoms with van der Waals surface area (Å²) in [6.07, 6.45) is 4.22. The van der Waals surface area contributed by atoms with Crippen molar-refractivity contribution in [2.45, 2.75) is 33.2 Å². The van der Waals surface area contributed by atoms with Gasteiger partial charge in [-0.15, -0.1) is 0 Å². The first kappa shape index (κ1) is 19.4. The second-order valence-corrected chi connectivity index (χ2v) is 7.41. The van der Waals surface area contributed by atoms with Crippen LogP contribution in [0.2, 0.25) is 5.02 Å². The summed E-state index contributed by atoms with van der Waals surface area (Å²) < 4.78 is 2.02. The van der Waals surface area contributed by atoms with Gasteiger partial charge in [-0.25, -0.2) is 9.97 Å². The van der Waals surface area contributed by atoms with Gasteiger partial charge in [0.15, 0.2) is 5.65 Å². The zero-order chi connectivity index (χ0) is 19.4. The van der Waals surface area contributed by atoms with E-state index in [4.69, 9.17) is 16.6 Å². The Balaban J connectivity index is 1.95. The molecule has 3 rings (SSSR count). The van der Waals surface area contributed by atoms with Gasteiger partial charge in [0, 0.05) is 24.2 Å². The normalized spacial score (nSPS) is 12.5. The Hall–Kier alpha value is -2.38. The molecule has 2 N–H and O–H groups in total. The predicted octanol–water partition coefficient (Wildman–Crippen LogP) is 3.91. The average molecular weight is 389 g/mol. The van der Waals surface area contributed by atoms with E-state index in [1.54, 1.807) is 12.5 Å². The van der Waals surface area contributed by atoms with Crippen molar-refractivity contribution in [1.82, 2.24) is 19.5 Å². The molecule has 0 aliphatic rings. The van der Waals surface area contributed by atoms with E-state index in [-0.39, 0.29) is 18.6 Å². The number of rotatable bonds is 8. The van der Waals surface area contributed by atoms with E-state index in [9.17, 15) is 5.11 Å². The molecule has 8 heteroatoms. The maximum absolute atomic E-state index is 9.26. The Morgan fingerprint density at radius 1 is 1.26 bits per heavy atom. The number of aliphatic hydroxyl groups excluding tert-OH is 1. The predicted molar refractivity (Wildman–Crippen MR) is 109 cm³/mol. The smallest absolute Gasteiger partial charge is 0.246 e. The largest absolute Gasteiger partial charge is 0.396 e. The van der Waals surface area contributed by atoms with Gasteiger partial charge in [-0.2, -0.15) is 4.98 Å². The molecule has 1 aromatic carbocycles. The summed E-state index contributed by atoms with van der Waals surface area (Å²) in [5.41, 5.74) is 5.75. The van der Waals surface area contributed by atoms with E-state index in [0.717, 1.165) is 16.9 Å². The molecule has 0 amide bonds. The van der Waals surface area contributed by atoms with E-state index in [0.29, 0.717) is 23.9 Å². The van der Waals surface area contributed by atoms with Crippen LogP contribution >= 0.6 is 11.6 Å². The third kappa shape index (κ3) is 4.67. The fourth-order valence-corrected chi connectivity index (χ4v) is 3.03. The lowest BCUT2D eigenvalue weighted by Gasteiger charge is -2.27. The Bertz CT molecular complexity index is 897. The van der Waals surface area contributed by atoms with Gasteiger partial charge in [-0.1, -0.05) is 24.6 Å². The Kier molecular flexibility index (Phi) is 6.13. The zero-order valence-electron chi connectivity index (χ0n) is 15.8. The lowest BCUT2D eigenvalue weighted by Crippen LogP contribution is -2.35. The lowest BCUT2D eigenvalue weighted by atomic mass is 10.1. The molecule has 144 valence electrons. The number of benzene rings is 1. The van der Waals surface area contributed by atoms with Crippen molar-refractivity contribution < 1.29 is 5.11 Å². The van der Waals surface area contributed by atoms with Crippen LogP contribution in [0.1, 0.15) is 33.2 Å². The molecular weight excluding hydrogens is 364 g/mol. The minimum atomic E-state index is 0.145. The number of imidazole rings is 1. The van der Waals surface area contributed by atoms with Gasteiger partial charge < -0.3 is 9.67 Å². The van der Waals surface area contributed by atoms with Crippen molar-refractivity contribution in [3.05, 3.63) is 41.8 Å². The van der Waals surface area contributed by atoms with Gasteiger partial charge in [0.25, 0.3) is 0 Å². The molecule has 0 fully saturated rings. The van der Waals surface area contributed by atoms with Crippen LogP contribution in [0.25, 0.3) is 11.2 Å². The first-order chi connectivity index (χ1) is 13.0. The minimum absolute atomic E-state index is 0.145. The molecule has 0 spiro atoms. The molecule has 27 heavy (non-hydrogen) atoms. The van der Waals surface area contributed by atoms with Crippen molar-refractivity contribution in [2.24, 2.45) is 5.92 Å². The third-order valence-corrected chi connectivity index (χ3v) is 4.54. The summed E-state index contributed by atoms with van der Waals surface area (Å²) in [5.74, 6) is 0.797. The number of hydrazine groups is 1. The molecular formula is C19H25ClN6O. The van der Waals surface area contributed by atoms with Crippen molar-refractivity contribution >= 4 is 34.4 Å². The molecule has 1 atom stereocenters. The van der Waals surface area contributed by atoms with Crippen LogP contribution in [0, 0.1) is 5.92 Å². The molecule has 0 aliphatic heterocycles. The molecule has 0 bridgehead atoms. The number of hydrogen-bond donors (Lipinski definition) is 2. The number of hydrogen-bond acceptors (Lipinski definition) is 6.